The minimum Gasteiger partial charge on any atom is -0.366 e. The maximum absolute atomic E-state index is 14.1. The van der Waals surface area contributed by atoms with Crippen LogP contribution in [0.1, 0.15) is 324 Å². The molecule has 0 aliphatic heterocycles. The fourth-order valence-corrected chi connectivity index (χ4v) is 9.67. The van der Waals surface area contributed by atoms with Crippen LogP contribution in [0.2, 0.25) is 0 Å². The number of hydrogen-bond donors (Lipinski definition) is 1. The number of allylic oxidation sites excluding steroid dienone is 1. The smallest absolute Gasteiger partial charge is 0.245 e. The second kappa shape index (κ2) is 43.8. The van der Waals surface area contributed by atoms with E-state index >= 15 is 0 Å². The first kappa shape index (κ1) is 55.2. The first-order valence-electron chi connectivity index (χ1n) is 26.5. The van der Waals surface area contributed by atoms with E-state index in [1.807, 2.05) is 0 Å². The number of primary amides is 1. The average Bonchev–Trinajstić information content (AvgIpc) is 3.19. The number of nitrogens with two attached hydrogens (primary N) is 1. The normalized spacial score (nSPS) is 11.8. The first-order valence-corrected chi connectivity index (χ1v) is 26.5. The molecule has 0 aliphatic rings. The molecule has 0 saturated carbocycles. The maximum Gasteiger partial charge on any atom is 0.245 e. The Hall–Kier alpha value is -0.790. The predicted octanol–water partition coefficient (Wildman–Crippen LogP) is 19.4. The minimum absolute atomic E-state index is 0.0197. The number of amides is 1. The third-order valence-corrected chi connectivity index (χ3v) is 13.3. The van der Waals surface area contributed by atoms with Gasteiger partial charge in [0.1, 0.15) is 0 Å². The molecule has 56 heavy (non-hydrogen) atoms. The molecule has 0 aliphatic carbocycles. The van der Waals surface area contributed by atoms with Gasteiger partial charge in [0.2, 0.25) is 5.91 Å². The highest BCUT2D eigenvalue weighted by molar-refractivity contribution is 5.94. The lowest BCUT2D eigenvalue weighted by atomic mass is 9.66. The van der Waals surface area contributed by atoms with Crippen molar-refractivity contribution in [3.8, 4) is 0 Å². The molecule has 2 heteroatoms. The van der Waals surface area contributed by atoms with Crippen LogP contribution in [0.4, 0.5) is 0 Å². The Morgan fingerprint density at radius 2 is 0.500 bits per heavy atom. The topological polar surface area (TPSA) is 43.1 Å². The summed E-state index contributed by atoms with van der Waals surface area (Å²) in [7, 11) is 0. The summed E-state index contributed by atoms with van der Waals surface area (Å²) in [5, 5.41) is 0. The summed E-state index contributed by atoms with van der Waals surface area (Å²) >= 11 is 0. The van der Waals surface area contributed by atoms with Crippen LogP contribution in [-0.4, -0.2) is 5.91 Å². The van der Waals surface area contributed by atoms with E-state index in [2.05, 4.69) is 34.6 Å². The number of carbonyl (C=O) groups excluding carboxylic acids is 1. The van der Waals surface area contributed by atoms with E-state index in [0.717, 1.165) is 18.4 Å². The Bertz CT molecular complexity index is 756. The van der Waals surface area contributed by atoms with Gasteiger partial charge in [-0.25, -0.2) is 0 Å². The largest absolute Gasteiger partial charge is 0.366 e. The number of unbranched alkanes of at least 4 members (excludes halogenated alkanes) is 35. The zero-order valence-electron chi connectivity index (χ0n) is 39.8. The van der Waals surface area contributed by atoms with Crippen LogP contribution in [0.25, 0.3) is 0 Å². The maximum atomic E-state index is 14.1. The van der Waals surface area contributed by atoms with Crippen molar-refractivity contribution in [2.24, 2.45) is 11.1 Å². The Balaban J connectivity index is 6.33. The van der Waals surface area contributed by atoms with E-state index in [4.69, 9.17) is 5.73 Å². The van der Waals surface area contributed by atoms with Crippen LogP contribution in [-0.2, 0) is 4.79 Å². The fraction of sp³-hybridized carbons (Fsp3) is 0.944. The van der Waals surface area contributed by atoms with Gasteiger partial charge in [-0.3, -0.25) is 4.79 Å². The Kier molecular flexibility index (Phi) is 43.2. The highest BCUT2D eigenvalue weighted by atomic mass is 16.1. The van der Waals surface area contributed by atoms with Crippen LogP contribution in [0.5, 0.6) is 0 Å². The lowest BCUT2D eigenvalue weighted by Gasteiger charge is -2.38. The lowest BCUT2D eigenvalue weighted by Crippen LogP contribution is -2.34. The van der Waals surface area contributed by atoms with Gasteiger partial charge in [0, 0.05) is 11.0 Å². The Morgan fingerprint density at radius 1 is 0.304 bits per heavy atom. The summed E-state index contributed by atoms with van der Waals surface area (Å²) < 4.78 is 0. The van der Waals surface area contributed by atoms with Crippen LogP contribution in [0.15, 0.2) is 11.1 Å². The molecule has 0 heterocycles. The quantitative estimate of drug-likeness (QED) is 0.0485. The van der Waals surface area contributed by atoms with E-state index in [1.54, 1.807) is 0 Å². The van der Waals surface area contributed by atoms with Gasteiger partial charge in [-0.05, 0) is 44.9 Å². The highest BCUT2D eigenvalue weighted by Crippen LogP contribution is 2.47. The van der Waals surface area contributed by atoms with Crippen molar-refractivity contribution in [2.45, 2.75) is 324 Å². The summed E-state index contributed by atoms with van der Waals surface area (Å²) in [6.45, 7) is 11.6. The summed E-state index contributed by atoms with van der Waals surface area (Å²) in [4.78, 5) is 14.1. The molecule has 0 aromatic rings. The molecule has 0 bridgehead atoms. The van der Waals surface area contributed by atoms with Crippen molar-refractivity contribution < 1.29 is 4.79 Å². The second-order valence-electron chi connectivity index (χ2n) is 18.7. The van der Waals surface area contributed by atoms with Crippen molar-refractivity contribution >= 4 is 5.91 Å². The molecule has 1 amide bonds. The van der Waals surface area contributed by atoms with Gasteiger partial charge in [0.05, 0.1) is 0 Å². The second-order valence-corrected chi connectivity index (χ2v) is 18.7. The van der Waals surface area contributed by atoms with Crippen LogP contribution in [0.3, 0.4) is 0 Å². The van der Waals surface area contributed by atoms with Crippen molar-refractivity contribution in [1.29, 1.82) is 0 Å². The molecular formula is C54H107NO. The molecule has 0 aromatic heterocycles. The van der Waals surface area contributed by atoms with Crippen LogP contribution < -0.4 is 5.73 Å². The first-order chi connectivity index (χ1) is 27.5. The molecule has 0 unspecified atom stereocenters. The van der Waals surface area contributed by atoms with E-state index in [0.29, 0.717) is 0 Å². The third kappa shape index (κ3) is 33.1. The molecule has 334 valence electrons. The zero-order chi connectivity index (χ0) is 41.1. The van der Waals surface area contributed by atoms with Gasteiger partial charge in [0.15, 0.2) is 0 Å². The van der Waals surface area contributed by atoms with E-state index in [1.165, 1.54) is 282 Å². The number of rotatable bonds is 47. The standard InChI is InChI=1S/C54H107NO/c1-6-11-16-21-26-31-36-41-46-51(47-42-37-32-27-22-17-12-7-2)52(53(55)56)54(48-43-38-33-28-23-18-13-8-3,49-44-39-34-29-24-19-14-9-4)50-45-40-35-30-25-20-15-10-5/h6-50H2,1-5H3,(H2,55,56). The molecule has 0 rings (SSSR count). The Labute approximate surface area is 355 Å². The van der Waals surface area contributed by atoms with Crippen LogP contribution in [0, 0.1) is 5.41 Å². The highest BCUT2D eigenvalue weighted by Gasteiger charge is 2.37. The van der Waals surface area contributed by atoms with Gasteiger partial charge < -0.3 is 5.73 Å². The third-order valence-electron chi connectivity index (χ3n) is 13.3. The summed E-state index contributed by atoms with van der Waals surface area (Å²) in [5.41, 5.74) is 9.37. The average molecular weight is 786 g/mol. The van der Waals surface area contributed by atoms with E-state index < -0.39 is 0 Å². The summed E-state index contributed by atoms with van der Waals surface area (Å²) in [6.07, 6.45) is 59.7. The van der Waals surface area contributed by atoms with E-state index in [9.17, 15) is 4.79 Å². The summed E-state index contributed by atoms with van der Waals surface area (Å²) in [6, 6.07) is 0. The van der Waals surface area contributed by atoms with Gasteiger partial charge >= 0.3 is 0 Å². The van der Waals surface area contributed by atoms with Gasteiger partial charge in [-0.2, -0.15) is 0 Å². The fourth-order valence-electron chi connectivity index (χ4n) is 9.67. The molecule has 0 radical (unpaired) electrons. The molecule has 2 N–H and O–H groups in total. The van der Waals surface area contributed by atoms with Crippen molar-refractivity contribution in [2.75, 3.05) is 0 Å². The number of hydrogen-bond acceptors (Lipinski definition) is 1. The zero-order valence-corrected chi connectivity index (χ0v) is 39.8. The predicted molar refractivity (Wildman–Crippen MR) is 255 cm³/mol. The van der Waals surface area contributed by atoms with Crippen molar-refractivity contribution in [3.63, 3.8) is 0 Å². The monoisotopic (exact) mass is 786 g/mol. The Morgan fingerprint density at radius 3 is 0.714 bits per heavy atom. The molecule has 0 atom stereocenters. The van der Waals surface area contributed by atoms with Gasteiger partial charge in [0.25, 0.3) is 0 Å². The molecule has 0 saturated heterocycles. The SMILES string of the molecule is CCCCCCCCCCC(CCCCCCCCCC)=C(C(N)=O)C(CCCCCCCCCC)(CCCCCCCCCC)CCCCCCCCCC. The molecule has 0 fully saturated rings. The minimum atomic E-state index is -0.0437. The molecular weight excluding hydrogens is 679 g/mol. The summed E-state index contributed by atoms with van der Waals surface area (Å²) in [5.74, 6) is -0.0437. The molecule has 2 nitrogen and oxygen atoms in total. The van der Waals surface area contributed by atoms with Crippen LogP contribution >= 0.6 is 0 Å². The lowest BCUT2D eigenvalue weighted by molar-refractivity contribution is -0.116. The van der Waals surface area contributed by atoms with Crippen molar-refractivity contribution in [3.05, 3.63) is 11.1 Å². The molecule has 0 spiro atoms. The van der Waals surface area contributed by atoms with Gasteiger partial charge in [-0.1, -0.05) is 284 Å². The number of carbonyl (C=O) groups is 1. The van der Waals surface area contributed by atoms with Gasteiger partial charge in [-0.15, -0.1) is 0 Å². The van der Waals surface area contributed by atoms with E-state index in [-0.39, 0.29) is 11.3 Å². The van der Waals surface area contributed by atoms with Crippen molar-refractivity contribution in [1.82, 2.24) is 0 Å². The molecule has 0 aromatic carbocycles.